The number of nitrogens with zero attached hydrogens (tertiary/aromatic N) is 2. The minimum absolute atomic E-state index is 0.142. The summed E-state index contributed by atoms with van der Waals surface area (Å²) in [7, 11) is 8.91. The number of urea groups is 1. The second-order valence-corrected chi connectivity index (χ2v) is 7.16. The molecule has 0 aliphatic carbocycles. The third-order valence-corrected chi connectivity index (χ3v) is 4.48. The van der Waals surface area contributed by atoms with Crippen molar-refractivity contribution in [1.82, 2.24) is 10.2 Å². The molecule has 0 atom stereocenters. The Labute approximate surface area is 172 Å². The largest absolute Gasteiger partial charge is 0.495 e. The van der Waals surface area contributed by atoms with Gasteiger partial charge in [0.2, 0.25) is 0 Å². The van der Waals surface area contributed by atoms with Crippen LogP contribution in [0.3, 0.4) is 0 Å². The van der Waals surface area contributed by atoms with Crippen molar-refractivity contribution in [2.75, 3.05) is 52.1 Å². The van der Waals surface area contributed by atoms with E-state index in [1.807, 2.05) is 14.1 Å². The number of anilines is 2. The Hall–Kier alpha value is -3.22. The molecule has 3 amide bonds. The third-order valence-electron chi connectivity index (χ3n) is 4.48. The summed E-state index contributed by atoms with van der Waals surface area (Å²) in [5, 5.41) is 5.61. The van der Waals surface area contributed by atoms with E-state index in [0.717, 1.165) is 18.5 Å². The quantitative estimate of drug-likeness (QED) is 0.670. The minimum atomic E-state index is -0.333. The highest BCUT2D eigenvalue weighted by atomic mass is 16.5. The van der Waals surface area contributed by atoms with Crippen molar-refractivity contribution in [1.29, 1.82) is 0 Å². The molecule has 29 heavy (non-hydrogen) atoms. The number of methoxy groups -OCH3 is 1. The van der Waals surface area contributed by atoms with Crippen molar-refractivity contribution in [3.63, 3.8) is 0 Å². The van der Waals surface area contributed by atoms with E-state index >= 15 is 0 Å². The van der Waals surface area contributed by atoms with Crippen LogP contribution in [-0.4, -0.2) is 58.7 Å². The summed E-state index contributed by atoms with van der Waals surface area (Å²) in [4.78, 5) is 27.9. The Morgan fingerprint density at radius 3 is 2.28 bits per heavy atom. The zero-order valence-electron chi connectivity index (χ0n) is 17.8. The molecule has 0 heterocycles. The molecule has 0 aromatic heterocycles. The van der Waals surface area contributed by atoms with E-state index in [4.69, 9.17) is 4.74 Å². The van der Waals surface area contributed by atoms with Gasteiger partial charge in [0, 0.05) is 46.0 Å². The van der Waals surface area contributed by atoms with Crippen molar-refractivity contribution in [2.45, 2.75) is 12.8 Å². The van der Waals surface area contributed by atoms with Crippen LogP contribution in [0.25, 0.3) is 0 Å². The van der Waals surface area contributed by atoms with Crippen LogP contribution in [0.4, 0.5) is 16.2 Å². The maximum Gasteiger partial charge on any atom is 0.319 e. The third kappa shape index (κ3) is 6.41. The van der Waals surface area contributed by atoms with Gasteiger partial charge in [-0.3, -0.25) is 4.79 Å². The molecule has 0 fully saturated rings. The van der Waals surface area contributed by atoms with E-state index in [0.29, 0.717) is 23.5 Å². The molecule has 2 aromatic carbocycles. The van der Waals surface area contributed by atoms with E-state index in [1.165, 1.54) is 17.6 Å². The summed E-state index contributed by atoms with van der Waals surface area (Å²) in [5.74, 6) is 0.354. The van der Waals surface area contributed by atoms with E-state index < -0.39 is 0 Å². The maximum absolute atomic E-state index is 12.2. The fraction of sp³-hybridized carbons (Fsp3) is 0.364. The molecular formula is C22H30N4O3. The summed E-state index contributed by atoms with van der Waals surface area (Å²) >= 11 is 0. The van der Waals surface area contributed by atoms with Crippen LogP contribution < -0.4 is 20.3 Å². The minimum Gasteiger partial charge on any atom is -0.495 e. The van der Waals surface area contributed by atoms with Gasteiger partial charge in [-0.25, -0.2) is 4.79 Å². The van der Waals surface area contributed by atoms with Gasteiger partial charge in [-0.05, 0) is 48.7 Å². The zero-order valence-corrected chi connectivity index (χ0v) is 17.8. The molecule has 0 aliphatic rings. The highest BCUT2D eigenvalue weighted by Gasteiger charge is 2.13. The number of hydrogen-bond donors (Lipinski definition) is 2. The average Bonchev–Trinajstić information content (AvgIpc) is 2.70. The fourth-order valence-electron chi connectivity index (χ4n) is 2.82. The standard InChI is InChI=1S/C22H30N4O3/c1-25(2)18-11-8-16(9-12-18)7-6-14-23-22(28)24-19-15-17(21(27)26(3)4)10-13-20(19)29-5/h8-13,15H,6-7,14H2,1-5H3,(H2,23,24,28). The van der Waals surface area contributed by atoms with Crippen molar-refractivity contribution >= 4 is 23.3 Å². The number of rotatable bonds is 8. The molecule has 0 saturated carbocycles. The van der Waals surface area contributed by atoms with Gasteiger partial charge in [0.1, 0.15) is 5.75 Å². The van der Waals surface area contributed by atoms with Crippen LogP contribution in [0.2, 0.25) is 0 Å². The van der Waals surface area contributed by atoms with Gasteiger partial charge in [0.25, 0.3) is 5.91 Å². The molecule has 7 nitrogen and oxygen atoms in total. The first-order valence-electron chi connectivity index (χ1n) is 9.52. The number of nitrogens with one attached hydrogen (secondary N) is 2. The first kappa shape index (κ1) is 22.1. The summed E-state index contributed by atoms with van der Waals surface area (Å²) in [6.07, 6.45) is 1.70. The predicted molar refractivity (Wildman–Crippen MR) is 117 cm³/mol. The molecule has 156 valence electrons. The Bertz CT molecular complexity index is 832. The van der Waals surface area contributed by atoms with Crippen LogP contribution >= 0.6 is 0 Å². The Kier molecular flexibility index (Phi) is 7.88. The highest BCUT2D eigenvalue weighted by molar-refractivity contribution is 5.97. The van der Waals surface area contributed by atoms with Gasteiger partial charge in [-0.2, -0.15) is 0 Å². The highest BCUT2D eigenvalue weighted by Crippen LogP contribution is 2.26. The summed E-state index contributed by atoms with van der Waals surface area (Å²) in [5.41, 5.74) is 3.33. The molecule has 2 aromatic rings. The number of aryl methyl sites for hydroxylation is 1. The lowest BCUT2D eigenvalue weighted by Crippen LogP contribution is -2.30. The number of carbonyl (C=O) groups is 2. The predicted octanol–water partition coefficient (Wildman–Crippen LogP) is 3.22. The van der Waals surface area contributed by atoms with Crippen LogP contribution in [0.15, 0.2) is 42.5 Å². The molecule has 0 saturated heterocycles. The lowest BCUT2D eigenvalue weighted by molar-refractivity contribution is 0.0827. The summed E-state index contributed by atoms with van der Waals surface area (Å²) < 4.78 is 5.28. The summed E-state index contributed by atoms with van der Waals surface area (Å²) in [6, 6.07) is 13.0. The van der Waals surface area contributed by atoms with Gasteiger partial charge < -0.3 is 25.2 Å². The van der Waals surface area contributed by atoms with Crippen LogP contribution in [0.1, 0.15) is 22.3 Å². The zero-order chi connectivity index (χ0) is 21.4. The number of amides is 3. The number of ether oxygens (including phenoxy) is 1. The molecule has 0 spiro atoms. The second-order valence-electron chi connectivity index (χ2n) is 7.16. The first-order chi connectivity index (χ1) is 13.8. The molecule has 0 unspecified atom stereocenters. The van der Waals surface area contributed by atoms with Crippen LogP contribution in [0.5, 0.6) is 5.75 Å². The maximum atomic E-state index is 12.2. The van der Waals surface area contributed by atoms with Crippen molar-refractivity contribution in [3.8, 4) is 5.75 Å². The lowest BCUT2D eigenvalue weighted by atomic mass is 10.1. The fourth-order valence-corrected chi connectivity index (χ4v) is 2.82. The number of hydrogen-bond acceptors (Lipinski definition) is 4. The van der Waals surface area contributed by atoms with Crippen LogP contribution in [0, 0.1) is 0 Å². The smallest absolute Gasteiger partial charge is 0.319 e. The van der Waals surface area contributed by atoms with Crippen molar-refractivity contribution in [2.24, 2.45) is 0 Å². The average molecular weight is 399 g/mol. The Morgan fingerprint density at radius 1 is 1.00 bits per heavy atom. The first-order valence-corrected chi connectivity index (χ1v) is 9.52. The van der Waals surface area contributed by atoms with Gasteiger partial charge in [-0.1, -0.05) is 12.1 Å². The molecule has 0 aliphatic heterocycles. The lowest BCUT2D eigenvalue weighted by Gasteiger charge is -2.15. The topological polar surface area (TPSA) is 73.9 Å². The van der Waals surface area contributed by atoms with Gasteiger partial charge in [0.15, 0.2) is 0 Å². The number of carbonyl (C=O) groups excluding carboxylic acids is 2. The van der Waals surface area contributed by atoms with Gasteiger partial charge in [-0.15, -0.1) is 0 Å². The number of benzene rings is 2. The second kappa shape index (κ2) is 10.4. The van der Waals surface area contributed by atoms with E-state index in [1.54, 1.807) is 32.3 Å². The van der Waals surface area contributed by atoms with E-state index in [-0.39, 0.29) is 11.9 Å². The van der Waals surface area contributed by atoms with Gasteiger partial charge >= 0.3 is 6.03 Å². The van der Waals surface area contributed by atoms with Gasteiger partial charge in [0.05, 0.1) is 12.8 Å². The summed E-state index contributed by atoms with van der Waals surface area (Å²) in [6.45, 7) is 0.542. The van der Waals surface area contributed by atoms with Crippen molar-refractivity contribution < 1.29 is 14.3 Å². The van der Waals surface area contributed by atoms with E-state index in [9.17, 15) is 9.59 Å². The molecule has 7 heteroatoms. The molecule has 0 radical (unpaired) electrons. The van der Waals surface area contributed by atoms with E-state index in [2.05, 4.69) is 39.8 Å². The Morgan fingerprint density at radius 2 is 1.69 bits per heavy atom. The molecule has 2 N–H and O–H groups in total. The molecule has 0 bridgehead atoms. The SMILES string of the molecule is COc1ccc(C(=O)N(C)C)cc1NC(=O)NCCCc1ccc(N(C)C)cc1. The monoisotopic (exact) mass is 398 g/mol. The Balaban J connectivity index is 1.87. The van der Waals surface area contributed by atoms with Crippen molar-refractivity contribution in [3.05, 3.63) is 53.6 Å². The van der Waals surface area contributed by atoms with Crippen LogP contribution in [-0.2, 0) is 6.42 Å². The normalized spacial score (nSPS) is 10.2. The molecular weight excluding hydrogens is 368 g/mol. The molecule has 2 rings (SSSR count).